The van der Waals surface area contributed by atoms with Crippen LogP contribution in [0.25, 0.3) is 0 Å². The third kappa shape index (κ3) is 2.82. The van der Waals surface area contributed by atoms with Crippen LogP contribution < -0.4 is 0 Å². The first-order valence-corrected chi connectivity index (χ1v) is 5.97. The van der Waals surface area contributed by atoms with Gasteiger partial charge in [-0.25, -0.2) is 0 Å². The van der Waals surface area contributed by atoms with Crippen molar-refractivity contribution in [2.45, 2.75) is 31.8 Å². The Labute approximate surface area is 93.3 Å². The van der Waals surface area contributed by atoms with Crippen molar-refractivity contribution in [3.05, 3.63) is 34.3 Å². The second-order valence-electron chi connectivity index (χ2n) is 4.07. The number of benzene rings is 1. The minimum absolute atomic E-state index is 0.0750. The summed E-state index contributed by atoms with van der Waals surface area (Å²) >= 11 is 3.45. The summed E-state index contributed by atoms with van der Waals surface area (Å²) in [5, 5.41) is 9.71. The van der Waals surface area contributed by atoms with Crippen LogP contribution in [0, 0.1) is 5.92 Å². The van der Waals surface area contributed by atoms with Crippen molar-refractivity contribution in [1.29, 1.82) is 0 Å². The van der Waals surface area contributed by atoms with Crippen molar-refractivity contribution < 1.29 is 5.11 Å². The van der Waals surface area contributed by atoms with Gasteiger partial charge in [0.25, 0.3) is 0 Å². The molecule has 1 N–H and O–H groups in total. The van der Waals surface area contributed by atoms with Gasteiger partial charge >= 0.3 is 0 Å². The fourth-order valence-electron chi connectivity index (χ4n) is 1.72. The predicted octanol–water partition coefficient (Wildman–Crippen LogP) is 3.15. The number of aliphatic hydroxyl groups excluding tert-OH is 1. The summed E-state index contributed by atoms with van der Waals surface area (Å²) in [4.78, 5) is 0. The largest absolute Gasteiger partial charge is 0.393 e. The maximum atomic E-state index is 9.71. The van der Waals surface area contributed by atoms with E-state index in [1.54, 1.807) is 0 Å². The van der Waals surface area contributed by atoms with Crippen molar-refractivity contribution in [3.63, 3.8) is 0 Å². The molecule has 1 aliphatic rings. The first-order valence-electron chi connectivity index (χ1n) is 5.18. The number of aliphatic hydroxyl groups is 1. The van der Waals surface area contributed by atoms with Crippen LogP contribution in [0.3, 0.4) is 0 Å². The summed E-state index contributed by atoms with van der Waals surface area (Å²) in [6, 6.07) is 8.31. The molecule has 2 rings (SSSR count). The minimum atomic E-state index is -0.0750. The highest BCUT2D eigenvalue weighted by molar-refractivity contribution is 9.10. The van der Waals surface area contributed by atoms with Crippen LogP contribution >= 0.6 is 15.9 Å². The van der Waals surface area contributed by atoms with Crippen molar-refractivity contribution in [2.75, 3.05) is 0 Å². The van der Waals surface area contributed by atoms with Crippen LogP contribution in [0.4, 0.5) is 0 Å². The van der Waals surface area contributed by atoms with Crippen molar-refractivity contribution in [3.8, 4) is 0 Å². The van der Waals surface area contributed by atoms with Crippen LogP contribution in [0.5, 0.6) is 0 Å². The van der Waals surface area contributed by atoms with Crippen LogP contribution in [0.15, 0.2) is 28.7 Å². The molecule has 0 aliphatic heterocycles. The monoisotopic (exact) mass is 254 g/mol. The van der Waals surface area contributed by atoms with E-state index in [1.165, 1.54) is 18.4 Å². The van der Waals surface area contributed by atoms with Crippen molar-refractivity contribution >= 4 is 15.9 Å². The first kappa shape index (κ1) is 10.2. The van der Waals surface area contributed by atoms with Gasteiger partial charge in [-0.3, -0.25) is 0 Å². The molecule has 1 nitrogen and oxygen atoms in total. The maximum absolute atomic E-state index is 9.71. The highest BCUT2D eigenvalue weighted by Crippen LogP contribution is 2.34. The Balaban J connectivity index is 1.84. The Kier molecular flexibility index (Phi) is 3.24. The lowest BCUT2D eigenvalue weighted by Crippen LogP contribution is -2.09. The Morgan fingerprint density at radius 2 is 2.21 bits per heavy atom. The number of aryl methyl sites for hydroxylation is 1. The Morgan fingerprint density at radius 1 is 1.43 bits per heavy atom. The standard InChI is InChI=1S/C12H15BrO/c13-11-3-1-2-9(8-11)4-7-12(14)10-5-6-10/h1-3,8,10,12,14H,4-7H2. The molecule has 0 amide bonds. The molecule has 0 saturated heterocycles. The average Bonchev–Trinajstić information content (AvgIpc) is 2.97. The summed E-state index contributed by atoms with van der Waals surface area (Å²) in [5.74, 6) is 0.599. The van der Waals surface area contributed by atoms with Crippen molar-refractivity contribution in [2.24, 2.45) is 5.92 Å². The van der Waals surface area contributed by atoms with Crippen LogP contribution in [-0.4, -0.2) is 11.2 Å². The molecule has 1 aliphatic carbocycles. The fraction of sp³-hybridized carbons (Fsp3) is 0.500. The normalized spacial score (nSPS) is 18.1. The molecule has 0 heterocycles. The maximum Gasteiger partial charge on any atom is 0.0571 e. The fourth-order valence-corrected chi connectivity index (χ4v) is 2.17. The molecule has 2 heteroatoms. The lowest BCUT2D eigenvalue weighted by Gasteiger charge is -2.08. The van der Waals surface area contributed by atoms with Gasteiger partial charge in [-0.15, -0.1) is 0 Å². The van der Waals surface area contributed by atoms with Crippen LogP contribution in [0.1, 0.15) is 24.8 Å². The van der Waals surface area contributed by atoms with E-state index in [-0.39, 0.29) is 6.10 Å². The molecule has 0 spiro atoms. The second-order valence-corrected chi connectivity index (χ2v) is 4.99. The highest BCUT2D eigenvalue weighted by atomic mass is 79.9. The van der Waals surface area contributed by atoms with E-state index in [1.807, 2.05) is 12.1 Å². The molecule has 1 aromatic carbocycles. The Hall–Kier alpha value is -0.340. The van der Waals surface area contributed by atoms with Gasteiger partial charge in [-0.05, 0) is 49.3 Å². The zero-order valence-corrected chi connectivity index (χ0v) is 9.70. The number of rotatable bonds is 4. The van der Waals surface area contributed by atoms with E-state index in [0.717, 1.165) is 17.3 Å². The smallest absolute Gasteiger partial charge is 0.0571 e. The minimum Gasteiger partial charge on any atom is -0.393 e. The third-order valence-corrected chi connectivity index (χ3v) is 3.28. The Morgan fingerprint density at radius 3 is 2.86 bits per heavy atom. The predicted molar refractivity (Wildman–Crippen MR) is 61.2 cm³/mol. The molecule has 0 aromatic heterocycles. The van der Waals surface area contributed by atoms with Gasteiger partial charge in [0, 0.05) is 4.47 Å². The summed E-state index contributed by atoms with van der Waals surface area (Å²) in [6.07, 6.45) is 4.26. The SMILES string of the molecule is OC(CCc1cccc(Br)c1)C1CC1. The zero-order valence-electron chi connectivity index (χ0n) is 8.12. The highest BCUT2D eigenvalue weighted by Gasteiger charge is 2.28. The van der Waals surface area contributed by atoms with Gasteiger partial charge < -0.3 is 5.11 Å². The molecule has 1 atom stereocenters. The van der Waals surface area contributed by atoms with E-state index >= 15 is 0 Å². The summed E-state index contributed by atoms with van der Waals surface area (Å²) in [6.45, 7) is 0. The molecule has 1 aromatic rings. The number of hydrogen-bond donors (Lipinski definition) is 1. The molecular formula is C12H15BrO. The number of halogens is 1. The van der Waals surface area contributed by atoms with E-state index in [9.17, 15) is 5.11 Å². The second kappa shape index (κ2) is 4.45. The molecule has 76 valence electrons. The van der Waals surface area contributed by atoms with Gasteiger partial charge in [0.05, 0.1) is 6.10 Å². The topological polar surface area (TPSA) is 20.2 Å². The van der Waals surface area contributed by atoms with Gasteiger partial charge in [-0.1, -0.05) is 28.1 Å². The zero-order chi connectivity index (χ0) is 9.97. The molecule has 14 heavy (non-hydrogen) atoms. The van der Waals surface area contributed by atoms with Crippen LogP contribution in [0.2, 0.25) is 0 Å². The van der Waals surface area contributed by atoms with E-state index in [4.69, 9.17) is 0 Å². The summed E-state index contributed by atoms with van der Waals surface area (Å²) < 4.78 is 1.12. The Bertz CT molecular complexity index is 307. The lowest BCUT2D eigenvalue weighted by molar-refractivity contribution is 0.142. The van der Waals surface area contributed by atoms with Gasteiger partial charge in [0.2, 0.25) is 0 Å². The molecule has 1 unspecified atom stereocenters. The van der Waals surface area contributed by atoms with E-state index in [0.29, 0.717) is 5.92 Å². The first-order chi connectivity index (χ1) is 6.75. The van der Waals surface area contributed by atoms with Gasteiger partial charge in [0.15, 0.2) is 0 Å². The van der Waals surface area contributed by atoms with Crippen LogP contribution in [-0.2, 0) is 6.42 Å². The van der Waals surface area contributed by atoms with Gasteiger partial charge in [-0.2, -0.15) is 0 Å². The molecule has 0 bridgehead atoms. The molecule has 1 saturated carbocycles. The quantitative estimate of drug-likeness (QED) is 0.876. The molecule has 0 radical (unpaired) electrons. The van der Waals surface area contributed by atoms with E-state index in [2.05, 4.69) is 28.1 Å². The number of hydrogen-bond acceptors (Lipinski definition) is 1. The summed E-state index contributed by atoms with van der Waals surface area (Å²) in [7, 11) is 0. The summed E-state index contributed by atoms with van der Waals surface area (Å²) in [5.41, 5.74) is 1.30. The molecular weight excluding hydrogens is 240 g/mol. The van der Waals surface area contributed by atoms with Gasteiger partial charge in [0.1, 0.15) is 0 Å². The molecule has 1 fully saturated rings. The lowest BCUT2D eigenvalue weighted by atomic mass is 10.0. The van der Waals surface area contributed by atoms with Crippen molar-refractivity contribution in [1.82, 2.24) is 0 Å². The average molecular weight is 255 g/mol. The van der Waals surface area contributed by atoms with E-state index < -0.39 is 0 Å². The third-order valence-electron chi connectivity index (χ3n) is 2.78.